The Balaban J connectivity index is 1.66. The highest BCUT2D eigenvalue weighted by atomic mass is 79.9. The molecule has 0 aliphatic heterocycles. The lowest BCUT2D eigenvalue weighted by atomic mass is 10.0. The number of unbranched alkanes of at least 4 members (excludes halogenated alkanes) is 1. The van der Waals surface area contributed by atoms with Gasteiger partial charge in [-0.25, -0.2) is 5.43 Å². The number of hydrogen-bond acceptors (Lipinski definition) is 4. The van der Waals surface area contributed by atoms with Gasteiger partial charge in [0.25, 0.3) is 0 Å². The zero-order valence-corrected chi connectivity index (χ0v) is 18.8. The number of fused-ring (bicyclic) bond motifs is 1. The second-order valence-electron chi connectivity index (χ2n) is 6.90. The molecule has 0 unspecified atom stereocenters. The molecule has 0 fully saturated rings. The van der Waals surface area contributed by atoms with Gasteiger partial charge in [0.2, 0.25) is 11.8 Å². The summed E-state index contributed by atoms with van der Waals surface area (Å²) in [4.78, 5) is 24.3. The summed E-state index contributed by atoms with van der Waals surface area (Å²) in [7, 11) is 0. The van der Waals surface area contributed by atoms with Crippen molar-refractivity contribution in [2.24, 2.45) is 5.10 Å². The van der Waals surface area contributed by atoms with Crippen LogP contribution in [0.4, 0.5) is 5.69 Å². The van der Waals surface area contributed by atoms with Gasteiger partial charge >= 0.3 is 0 Å². The molecule has 3 aromatic rings. The number of anilines is 1. The third-order valence-electron chi connectivity index (χ3n) is 4.54. The van der Waals surface area contributed by atoms with Crippen LogP contribution in [-0.4, -0.2) is 24.6 Å². The van der Waals surface area contributed by atoms with Crippen LogP contribution in [0.25, 0.3) is 10.8 Å². The fourth-order valence-corrected chi connectivity index (χ4v) is 3.36. The number of amides is 2. The van der Waals surface area contributed by atoms with E-state index in [0.717, 1.165) is 33.7 Å². The Hall–Kier alpha value is -3.19. The second-order valence-corrected chi connectivity index (χ2v) is 7.75. The van der Waals surface area contributed by atoms with Gasteiger partial charge in [0.1, 0.15) is 12.2 Å². The van der Waals surface area contributed by atoms with Gasteiger partial charge in [-0.3, -0.25) is 9.59 Å². The normalized spacial score (nSPS) is 10.9. The van der Waals surface area contributed by atoms with Crippen molar-refractivity contribution >= 4 is 50.4 Å². The summed E-state index contributed by atoms with van der Waals surface area (Å²) in [6, 6.07) is 19.0. The van der Waals surface area contributed by atoms with Crippen molar-refractivity contribution in [3.63, 3.8) is 0 Å². The van der Waals surface area contributed by atoms with Gasteiger partial charge in [0.15, 0.2) is 0 Å². The van der Waals surface area contributed by atoms with E-state index in [4.69, 9.17) is 4.74 Å². The Bertz CT molecular complexity index is 1100. The van der Waals surface area contributed by atoms with Crippen molar-refractivity contribution in [1.29, 1.82) is 0 Å². The molecule has 160 valence electrons. The number of nitrogens with zero attached hydrogens (tertiary/aromatic N) is 1. The molecule has 31 heavy (non-hydrogen) atoms. The Morgan fingerprint density at radius 2 is 1.81 bits per heavy atom. The Labute approximate surface area is 189 Å². The lowest BCUT2D eigenvalue weighted by molar-refractivity contribution is -0.126. The van der Waals surface area contributed by atoms with Crippen LogP contribution < -0.4 is 15.5 Å². The third kappa shape index (κ3) is 6.39. The smallest absolute Gasteiger partial charge is 0.249 e. The summed E-state index contributed by atoms with van der Waals surface area (Å²) in [6.07, 6.45) is 3.21. The molecule has 7 heteroatoms. The van der Waals surface area contributed by atoms with Crippen LogP contribution in [0.5, 0.6) is 5.75 Å². The monoisotopic (exact) mass is 481 g/mol. The van der Waals surface area contributed by atoms with E-state index in [-0.39, 0.29) is 6.42 Å². The molecule has 2 N–H and O–H groups in total. The first kappa shape index (κ1) is 22.5. The maximum absolute atomic E-state index is 12.1. The van der Waals surface area contributed by atoms with E-state index in [1.807, 2.05) is 48.5 Å². The number of halogens is 1. The molecule has 0 aliphatic rings. The van der Waals surface area contributed by atoms with Crippen LogP contribution in [0, 0.1) is 0 Å². The molecule has 0 atom stereocenters. The van der Waals surface area contributed by atoms with E-state index in [9.17, 15) is 9.59 Å². The molecular weight excluding hydrogens is 458 g/mol. The third-order valence-corrected chi connectivity index (χ3v) is 5.23. The number of ether oxygens (including phenoxy) is 1. The minimum absolute atomic E-state index is 0.339. The topological polar surface area (TPSA) is 79.8 Å². The van der Waals surface area contributed by atoms with Crippen molar-refractivity contribution in [1.82, 2.24) is 5.43 Å². The van der Waals surface area contributed by atoms with E-state index in [2.05, 4.69) is 38.7 Å². The Morgan fingerprint density at radius 3 is 2.61 bits per heavy atom. The summed E-state index contributed by atoms with van der Waals surface area (Å²) in [6.45, 7) is 2.71. The fraction of sp³-hybridized carbons (Fsp3) is 0.208. The molecule has 3 aromatic carbocycles. The molecule has 0 saturated carbocycles. The van der Waals surface area contributed by atoms with Crippen molar-refractivity contribution in [2.45, 2.75) is 26.2 Å². The average molecular weight is 482 g/mol. The van der Waals surface area contributed by atoms with Crippen molar-refractivity contribution in [3.05, 3.63) is 70.7 Å². The first-order valence-electron chi connectivity index (χ1n) is 10.1. The number of nitrogens with one attached hydrogen (secondary N) is 2. The minimum Gasteiger partial charge on any atom is -0.493 e. The lowest BCUT2D eigenvalue weighted by Crippen LogP contribution is -2.24. The quantitative estimate of drug-likeness (QED) is 0.189. The summed E-state index contributed by atoms with van der Waals surface area (Å²) < 4.78 is 6.66. The highest BCUT2D eigenvalue weighted by Crippen LogP contribution is 2.27. The van der Waals surface area contributed by atoms with E-state index < -0.39 is 11.8 Å². The molecule has 0 aliphatic carbocycles. The van der Waals surface area contributed by atoms with Gasteiger partial charge in [-0.1, -0.05) is 55.8 Å². The van der Waals surface area contributed by atoms with Gasteiger partial charge in [0, 0.05) is 10.0 Å². The van der Waals surface area contributed by atoms with E-state index in [1.165, 1.54) is 0 Å². The summed E-state index contributed by atoms with van der Waals surface area (Å²) in [5, 5.41) is 8.78. The van der Waals surface area contributed by atoms with Gasteiger partial charge in [-0.05, 0) is 51.3 Å². The highest BCUT2D eigenvalue weighted by molar-refractivity contribution is 9.10. The van der Waals surface area contributed by atoms with E-state index in [0.29, 0.717) is 18.0 Å². The van der Waals surface area contributed by atoms with E-state index >= 15 is 0 Å². The Kier molecular flexibility index (Phi) is 8.18. The van der Waals surface area contributed by atoms with Crippen LogP contribution >= 0.6 is 15.9 Å². The highest BCUT2D eigenvalue weighted by Gasteiger charge is 2.11. The fourth-order valence-electron chi connectivity index (χ4n) is 2.97. The van der Waals surface area contributed by atoms with Gasteiger partial charge in [-0.15, -0.1) is 0 Å². The predicted octanol–water partition coefficient (Wildman–Crippen LogP) is 5.26. The summed E-state index contributed by atoms with van der Waals surface area (Å²) in [5.41, 5.74) is 3.81. The molecule has 0 radical (unpaired) electrons. The number of benzene rings is 3. The molecule has 6 nitrogen and oxygen atoms in total. The standard InChI is InChI=1S/C24H24BrN3O3/c1-2-3-14-31-22-13-12-17-8-4-5-9-18(17)19(22)16-26-28-24(30)15-23(29)27-21-11-7-6-10-20(21)25/h4-13,16H,2-3,14-15H2,1H3,(H,27,29)(H,28,30). The first-order valence-corrected chi connectivity index (χ1v) is 10.9. The minimum atomic E-state index is -0.505. The van der Waals surface area contributed by atoms with Gasteiger partial charge in [0.05, 0.1) is 18.5 Å². The molecule has 0 spiro atoms. The predicted molar refractivity (Wildman–Crippen MR) is 127 cm³/mol. The maximum Gasteiger partial charge on any atom is 0.249 e. The van der Waals surface area contributed by atoms with Crippen LogP contribution in [-0.2, 0) is 9.59 Å². The zero-order chi connectivity index (χ0) is 22.1. The van der Waals surface area contributed by atoms with Crippen molar-refractivity contribution < 1.29 is 14.3 Å². The second kappa shape index (κ2) is 11.3. The molecule has 3 rings (SSSR count). The van der Waals surface area contributed by atoms with Gasteiger partial charge < -0.3 is 10.1 Å². The lowest BCUT2D eigenvalue weighted by Gasteiger charge is -2.11. The van der Waals surface area contributed by atoms with Crippen LogP contribution in [0.2, 0.25) is 0 Å². The van der Waals surface area contributed by atoms with Crippen molar-refractivity contribution in [2.75, 3.05) is 11.9 Å². The van der Waals surface area contributed by atoms with Crippen LogP contribution in [0.1, 0.15) is 31.7 Å². The van der Waals surface area contributed by atoms with Crippen LogP contribution in [0.3, 0.4) is 0 Å². The number of para-hydroxylation sites is 1. The summed E-state index contributed by atoms with van der Waals surface area (Å²) in [5.74, 6) is -0.223. The SMILES string of the molecule is CCCCOc1ccc2ccccc2c1C=NNC(=O)CC(=O)Nc1ccccc1Br. The number of rotatable bonds is 9. The number of hydrogen-bond donors (Lipinski definition) is 2. The molecule has 0 heterocycles. The molecule has 0 bridgehead atoms. The molecule has 2 amide bonds. The molecule has 0 saturated heterocycles. The first-order chi connectivity index (χ1) is 15.1. The number of hydrazone groups is 1. The summed E-state index contributed by atoms with van der Waals surface area (Å²) >= 11 is 3.36. The average Bonchev–Trinajstić information content (AvgIpc) is 2.76. The van der Waals surface area contributed by atoms with Crippen LogP contribution in [0.15, 0.2) is 70.2 Å². The van der Waals surface area contributed by atoms with Gasteiger partial charge in [-0.2, -0.15) is 5.10 Å². The van der Waals surface area contributed by atoms with Crippen molar-refractivity contribution in [3.8, 4) is 5.75 Å². The Morgan fingerprint density at radius 1 is 1.03 bits per heavy atom. The number of carbonyl (C=O) groups excluding carboxylic acids is 2. The maximum atomic E-state index is 12.1. The largest absolute Gasteiger partial charge is 0.493 e. The van der Waals surface area contributed by atoms with E-state index in [1.54, 1.807) is 18.3 Å². The zero-order valence-electron chi connectivity index (χ0n) is 17.2. The number of carbonyl (C=O) groups is 2. The molecule has 0 aromatic heterocycles. The molecular formula is C24H24BrN3O3.